The molecular weight excluding hydrogens is 188 g/mol. The average Bonchev–Trinajstić information content (AvgIpc) is 2.29. The lowest BCUT2D eigenvalue weighted by Crippen LogP contribution is -2.42. The molecule has 1 fully saturated rings. The largest absolute Gasteiger partial charge is 0.379 e. The van der Waals surface area contributed by atoms with E-state index in [1.54, 1.807) is 0 Å². The van der Waals surface area contributed by atoms with Crippen LogP contribution in [0.15, 0.2) is 0 Å². The Kier molecular flexibility index (Phi) is 6.42. The van der Waals surface area contributed by atoms with Gasteiger partial charge in [0, 0.05) is 38.6 Å². The third kappa shape index (κ3) is 5.17. The highest BCUT2D eigenvalue weighted by molar-refractivity contribution is 4.89. The summed E-state index contributed by atoms with van der Waals surface area (Å²) >= 11 is 0. The van der Waals surface area contributed by atoms with Gasteiger partial charge >= 0.3 is 0 Å². The average molecular weight is 210 g/mol. The lowest BCUT2D eigenvalue weighted by Gasteiger charge is -2.27. The van der Waals surface area contributed by atoms with Gasteiger partial charge in [-0.3, -0.25) is 4.90 Å². The number of hydrogen-bond donors (Lipinski definition) is 1. The molecule has 1 unspecified atom stereocenters. The molecule has 1 saturated heterocycles. The fourth-order valence-electron chi connectivity index (χ4n) is 1.75. The first-order valence-electron chi connectivity index (χ1n) is 5.83. The minimum Gasteiger partial charge on any atom is -0.379 e. The van der Waals surface area contributed by atoms with Gasteiger partial charge in [0.25, 0.3) is 0 Å². The molecule has 0 aliphatic carbocycles. The van der Waals surface area contributed by atoms with Gasteiger partial charge in [-0.25, -0.2) is 0 Å². The summed E-state index contributed by atoms with van der Waals surface area (Å²) in [6.45, 7) is 8.18. The van der Waals surface area contributed by atoms with Gasteiger partial charge < -0.3 is 10.1 Å². The molecule has 0 amide bonds. The number of rotatable bonds is 6. The van der Waals surface area contributed by atoms with E-state index in [1.165, 1.54) is 0 Å². The van der Waals surface area contributed by atoms with Crippen LogP contribution in [0.5, 0.6) is 0 Å². The van der Waals surface area contributed by atoms with E-state index >= 15 is 0 Å². The second-order valence-corrected chi connectivity index (χ2v) is 3.92. The normalized spacial score (nSPS) is 19.7. The quantitative estimate of drug-likeness (QED) is 0.654. The van der Waals surface area contributed by atoms with Gasteiger partial charge in [0.2, 0.25) is 0 Å². The fraction of sp³-hybridized carbons (Fsp3) is 0.833. The first-order chi connectivity index (χ1) is 7.36. The van der Waals surface area contributed by atoms with Crippen LogP contribution in [0.4, 0.5) is 0 Å². The molecule has 1 rings (SSSR count). The van der Waals surface area contributed by atoms with Crippen LogP contribution in [0.25, 0.3) is 0 Å². The van der Waals surface area contributed by atoms with Crippen molar-refractivity contribution < 1.29 is 4.74 Å². The van der Waals surface area contributed by atoms with Gasteiger partial charge in [0.15, 0.2) is 0 Å². The van der Waals surface area contributed by atoms with Crippen molar-refractivity contribution in [2.24, 2.45) is 0 Å². The summed E-state index contributed by atoms with van der Waals surface area (Å²) in [4.78, 5) is 2.43. The third-order valence-corrected chi connectivity index (χ3v) is 2.82. The van der Waals surface area contributed by atoms with Crippen LogP contribution < -0.4 is 5.32 Å². The number of ether oxygens (including phenoxy) is 1. The molecule has 0 bridgehead atoms. The molecule has 1 heterocycles. The Labute approximate surface area is 93.2 Å². The van der Waals surface area contributed by atoms with Crippen molar-refractivity contribution in [2.45, 2.75) is 25.8 Å². The van der Waals surface area contributed by atoms with Gasteiger partial charge in [-0.15, -0.1) is 12.3 Å². The van der Waals surface area contributed by atoms with Crippen LogP contribution in [0.1, 0.15) is 19.8 Å². The highest BCUT2D eigenvalue weighted by atomic mass is 16.5. The zero-order chi connectivity index (χ0) is 10.9. The van der Waals surface area contributed by atoms with E-state index in [0.29, 0.717) is 6.04 Å². The van der Waals surface area contributed by atoms with E-state index in [9.17, 15) is 0 Å². The number of nitrogens with one attached hydrogen (secondary N) is 1. The summed E-state index contributed by atoms with van der Waals surface area (Å²) in [5.74, 6) is 2.71. The maximum absolute atomic E-state index is 5.30. The van der Waals surface area contributed by atoms with Gasteiger partial charge in [-0.2, -0.15) is 0 Å². The Morgan fingerprint density at radius 2 is 2.20 bits per heavy atom. The van der Waals surface area contributed by atoms with E-state index in [4.69, 9.17) is 11.2 Å². The molecule has 3 nitrogen and oxygen atoms in total. The summed E-state index contributed by atoms with van der Waals surface area (Å²) in [6.07, 6.45) is 7.24. The highest BCUT2D eigenvalue weighted by Crippen LogP contribution is 1.97. The van der Waals surface area contributed by atoms with Crippen molar-refractivity contribution in [3.63, 3.8) is 0 Å². The molecule has 0 aromatic carbocycles. The summed E-state index contributed by atoms with van der Waals surface area (Å²) in [7, 11) is 0. The number of hydrogen-bond acceptors (Lipinski definition) is 3. The van der Waals surface area contributed by atoms with Crippen molar-refractivity contribution in [3.8, 4) is 12.3 Å². The molecule has 86 valence electrons. The topological polar surface area (TPSA) is 24.5 Å². The van der Waals surface area contributed by atoms with Crippen LogP contribution in [0, 0.1) is 12.3 Å². The Bertz CT molecular complexity index is 194. The number of morpholine rings is 1. The van der Waals surface area contributed by atoms with E-state index < -0.39 is 0 Å². The Morgan fingerprint density at radius 1 is 1.47 bits per heavy atom. The van der Waals surface area contributed by atoms with Gasteiger partial charge in [-0.1, -0.05) is 6.92 Å². The standard InChI is InChI=1S/C12H22N2O/c1-3-5-12(4-2)13-6-7-14-8-10-15-11-9-14/h1,12-13H,4-11H2,2H3. The van der Waals surface area contributed by atoms with Crippen molar-refractivity contribution in [3.05, 3.63) is 0 Å². The summed E-state index contributed by atoms with van der Waals surface area (Å²) in [5.41, 5.74) is 0. The molecule has 1 N–H and O–H groups in total. The molecule has 1 aliphatic heterocycles. The van der Waals surface area contributed by atoms with Crippen molar-refractivity contribution in [2.75, 3.05) is 39.4 Å². The number of nitrogens with zero attached hydrogens (tertiary/aromatic N) is 1. The molecule has 0 radical (unpaired) electrons. The van der Waals surface area contributed by atoms with E-state index in [-0.39, 0.29) is 0 Å². The second kappa shape index (κ2) is 7.70. The zero-order valence-corrected chi connectivity index (χ0v) is 9.67. The molecule has 3 heteroatoms. The van der Waals surface area contributed by atoms with Crippen LogP contribution in [0.3, 0.4) is 0 Å². The Hall–Kier alpha value is -0.560. The minimum absolute atomic E-state index is 0.482. The van der Waals surface area contributed by atoms with E-state index in [0.717, 1.165) is 52.2 Å². The molecular formula is C12H22N2O. The molecule has 0 spiro atoms. The highest BCUT2D eigenvalue weighted by Gasteiger charge is 2.10. The molecule has 0 aromatic rings. The smallest absolute Gasteiger partial charge is 0.0594 e. The zero-order valence-electron chi connectivity index (χ0n) is 9.67. The first kappa shape index (κ1) is 12.5. The number of terminal acetylenes is 1. The summed E-state index contributed by atoms with van der Waals surface area (Å²) in [6, 6.07) is 0.482. The van der Waals surface area contributed by atoms with Crippen LogP contribution in [-0.4, -0.2) is 50.3 Å². The Balaban J connectivity index is 2.06. The van der Waals surface area contributed by atoms with Crippen molar-refractivity contribution >= 4 is 0 Å². The predicted molar refractivity (Wildman–Crippen MR) is 62.8 cm³/mol. The molecule has 15 heavy (non-hydrogen) atoms. The third-order valence-electron chi connectivity index (χ3n) is 2.82. The van der Waals surface area contributed by atoms with Crippen LogP contribution in [-0.2, 0) is 4.74 Å². The van der Waals surface area contributed by atoms with Crippen LogP contribution in [0.2, 0.25) is 0 Å². The van der Waals surface area contributed by atoms with Gasteiger partial charge in [-0.05, 0) is 6.42 Å². The maximum Gasteiger partial charge on any atom is 0.0594 e. The van der Waals surface area contributed by atoms with E-state index in [2.05, 4.69) is 23.1 Å². The monoisotopic (exact) mass is 210 g/mol. The fourth-order valence-corrected chi connectivity index (χ4v) is 1.75. The molecule has 1 atom stereocenters. The summed E-state index contributed by atoms with van der Waals surface area (Å²) < 4.78 is 5.30. The summed E-state index contributed by atoms with van der Waals surface area (Å²) in [5, 5.41) is 3.49. The van der Waals surface area contributed by atoms with Gasteiger partial charge in [0.05, 0.1) is 13.2 Å². The van der Waals surface area contributed by atoms with Crippen molar-refractivity contribution in [1.82, 2.24) is 10.2 Å². The van der Waals surface area contributed by atoms with Crippen LogP contribution >= 0.6 is 0 Å². The van der Waals surface area contributed by atoms with Crippen molar-refractivity contribution in [1.29, 1.82) is 0 Å². The van der Waals surface area contributed by atoms with E-state index in [1.807, 2.05) is 0 Å². The first-order valence-corrected chi connectivity index (χ1v) is 5.83. The SMILES string of the molecule is C#CCC(CC)NCCN1CCOCC1. The minimum atomic E-state index is 0.482. The predicted octanol–water partition coefficient (Wildman–Crippen LogP) is 0.710. The lowest BCUT2D eigenvalue weighted by atomic mass is 10.1. The lowest BCUT2D eigenvalue weighted by molar-refractivity contribution is 0.0381. The molecule has 0 aromatic heterocycles. The molecule has 0 saturated carbocycles. The Morgan fingerprint density at radius 3 is 2.80 bits per heavy atom. The molecule has 1 aliphatic rings. The van der Waals surface area contributed by atoms with Gasteiger partial charge in [0.1, 0.15) is 0 Å². The maximum atomic E-state index is 5.30. The second-order valence-electron chi connectivity index (χ2n) is 3.92.